The maximum Gasteiger partial charge on any atom is 0.152 e. The van der Waals surface area contributed by atoms with Gasteiger partial charge in [0.05, 0.1) is 29.8 Å². The molecule has 1 aromatic carbocycles. The summed E-state index contributed by atoms with van der Waals surface area (Å²) in [5.41, 5.74) is 8.04. The molecule has 6 heteroatoms. The van der Waals surface area contributed by atoms with Crippen LogP contribution in [-0.2, 0) is 17.7 Å². The van der Waals surface area contributed by atoms with Gasteiger partial charge in [0, 0.05) is 18.9 Å². The fourth-order valence-corrected chi connectivity index (χ4v) is 3.50. The number of aromatic nitrogens is 3. The molecule has 3 N–H and O–H groups in total. The second-order valence-corrected chi connectivity index (χ2v) is 6.65. The van der Waals surface area contributed by atoms with Crippen molar-refractivity contribution in [1.29, 1.82) is 0 Å². The van der Waals surface area contributed by atoms with Crippen molar-refractivity contribution in [3.8, 4) is 0 Å². The summed E-state index contributed by atoms with van der Waals surface area (Å²) in [6, 6.07) is 7.93. The molecule has 24 heavy (non-hydrogen) atoms. The Bertz CT molecular complexity index is 899. The number of nitrogen functional groups attached to an aromatic ring is 1. The summed E-state index contributed by atoms with van der Waals surface area (Å²) in [6.07, 6.45) is 3.40. The first kappa shape index (κ1) is 15.4. The Balaban J connectivity index is 1.96. The lowest BCUT2D eigenvalue weighted by Crippen LogP contribution is -2.41. The molecule has 2 heterocycles. The van der Waals surface area contributed by atoms with Crippen molar-refractivity contribution < 1.29 is 9.84 Å². The lowest BCUT2D eigenvalue weighted by molar-refractivity contribution is -0.0470. The summed E-state index contributed by atoms with van der Waals surface area (Å²) >= 11 is 0. The number of imidazole rings is 1. The van der Waals surface area contributed by atoms with Crippen LogP contribution in [0.25, 0.3) is 21.9 Å². The number of fused-ring (bicyclic) bond motifs is 3. The largest absolute Gasteiger partial charge is 0.388 e. The molecule has 1 saturated carbocycles. The normalized spacial score (nSPS) is 16.6. The van der Waals surface area contributed by atoms with E-state index in [-0.39, 0.29) is 0 Å². The van der Waals surface area contributed by atoms with Gasteiger partial charge in [-0.1, -0.05) is 18.2 Å². The van der Waals surface area contributed by atoms with Gasteiger partial charge in [0.25, 0.3) is 0 Å². The topological polar surface area (TPSA) is 86.2 Å². The molecule has 4 rings (SSSR count). The Morgan fingerprint density at radius 3 is 2.79 bits per heavy atom. The van der Waals surface area contributed by atoms with Crippen LogP contribution in [-0.4, -0.2) is 39.0 Å². The number of para-hydroxylation sites is 1. The molecule has 0 saturated heterocycles. The number of hydrogen-bond donors (Lipinski definition) is 2. The molecule has 0 amide bonds. The van der Waals surface area contributed by atoms with E-state index >= 15 is 0 Å². The predicted molar refractivity (Wildman–Crippen MR) is 93.8 cm³/mol. The molecule has 126 valence electrons. The minimum atomic E-state index is -0.644. The van der Waals surface area contributed by atoms with Gasteiger partial charge in [0.2, 0.25) is 0 Å². The Kier molecular flexibility index (Phi) is 3.66. The second kappa shape index (κ2) is 5.72. The number of aliphatic hydroxyl groups is 1. The number of pyridine rings is 1. The highest BCUT2D eigenvalue weighted by Crippen LogP contribution is 2.36. The van der Waals surface area contributed by atoms with Crippen LogP contribution < -0.4 is 5.73 Å². The average Bonchev–Trinajstić information content (AvgIpc) is 2.91. The fraction of sp³-hybridized carbons (Fsp3) is 0.444. The fourth-order valence-electron chi connectivity index (χ4n) is 3.50. The van der Waals surface area contributed by atoms with Crippen molar-refractivity contribution in [3.05, 3.63) is 30.1 Å². The highest BCUT2D eigenvalue weighted by molar-refractivity contribution is 6.06. The number of anilines is 1. The third-order valence-corrected chi connectivity index (χ3v) is 4.96. The molecular weight excluding hydrogens is 304 g/mol. The van der Waals surface area contributed by atoms with Gasteiger partial charge in [-0.2, -0.15) is 0 Å². The minimum absolute atomic E-state index is 0.432. The number of rotatable bonds is 5. The van der Waals surface area contributed by atoms with Gasteiger partial charge in [0.15, 0.2) is 5.82 Å². The quantitative estimate of drug-likeness (QED) is 0.751. The van der Waals surface area contributed by atoms with Crippen molar-refractivity contribution in [1.82, 2.24) is 14.5 Å². The Labute approximate surface area is 140 Å². The van der Waals surface area contributed by atoms with Crippen LogP contribution in [0, 0.1) is 0 Å². The summed E-state index contributed by atoms with van der Waals surface area (Å²) < 4.78 is 7.34. The van der Waals surface area contributed by atoms with E-state index in [9.17, 15) is 5.11 Å². The maximum atomic E-state index is 10.7. The highest BCUT2D eigenvalue weighted by atomic mass is 16.5. The number of hydrogen-bond acceptors (Lipinski definition) is 5. The van der Waals surface area contributed by atoms with Crippen molar-refractivity contribution in [3.63, 3.8) is 0 Å². The number of methoxy groups -OCH3 is 1. The van der Waals surface area contributed by atoms with E-state index in [0.29, 0.717) is 30.9 Å². The lowest BCUT2D eigenvalue weighted by Gasteiger charge is -2.37. The predicted octanol–water partition coefficient (Wildman–Crippen LogP) is 2.27. The Morgan fingerprint density at radius 1 is 1.29 bits per heavy atom. The van der Waals surface area contributed by atoms with E-state index in [0.717, 1.165) is 41.5 Å². The molecular formula is C18H22N4O2. The van der Waals surface area contributed by atoms with E-state index in [4.69, 9.17) is 15.5 Å². The SMILES string of the molecule is COCCc1nc2c(N)nc3ccccc3c2n1CC1(O)CCC1. The van der Waals surface area contributed by atoms with E-state index < -0.39 is 5.60 Å². The zero-order chi connectivity index (χ0) is 16.7. The summed E-state index contributed by atoms with van der Waals surface area (Å²) in [4.78, 5) is 9.20. The molecule has 0 unspecified atom stereocenters. The monoisotopic (exact) mass is 326 g/mol. The Morgan fingerprint density at radius 2 is 2.08 bits per heavy atom. The van der Waals surface area contributed by atoms with Crippen molar-refractivity contribution in [2.45, 2.75) is 37.8 Å². The Hall–Kier alpha value is -2.18. The second-order valence-electron chi connectivity index (χ2n) is 6.65. The molecule has 0 bridgehead atoms. The van der Waals surface area contributed by atoms with E-state index in [1.807, 2.05) is 24.3 Å². The van der Waals surface area contributed by atoms with Crippen LogP contribution in [0.5, 0.6) is 0 Å². The molecule has 1 aliphatic rings. The molecule has 1 aliphatic carbocycles. The third-order valence-electron chi connectivity index (χ3n) is 4.96. The summed E-state index contributed by atoms with van der Waals surface area (Å²) in [5, 5.41) is 11.7. The number of benzene rings is 1. The molecule has 3 aromatic rings. The molecule has 2 aromatic heterocycles. The van der Waals surface area contributed by atoms with Gasteiger partial charge in [-0.05, 0) is 25.3 Å². The van der Waals surface area contributed by atoms with Gasteiger partial charge in [-0.3, -0.25) is 0 Å². The third kappa shape index (κ3) is 2.42. The molecule has 0 radical (unpaired) electrons. The van der Waals surface area contributed by atoms with Crippen LogP contribution in [0.2, 0.25) is 0 Å². The highest BCUT2D eigenvalue weighted by Gasteiger charge is 2.36. The van der Waals surface area contributed by atoms with Crippen molar-refractivity contribution >= 4 is 27.8 Å². The minimum Gasteiger partial charge on any atom is -0.388 e. The molecule has 0 spiro atoms. The summed E-state index contributed by atoms with van der Waals surface area (Å²) in [7, 11) is 1.68. The lowest BCUT2D eigenvalue weighted by atomic mass is 9.80. The standard InChI is InChI=1S/C18H22N4O2/c1-24-10-7-14-21-15-16(22(14)11-18(23)8-4-9-18)12-5-2-3-6-13(12)20-17(15)19/h2-3,5-6,23H,4,7-11H2,1H3,(H2,19,20). The van der Waals surface area contributed by atoms with Gasteiger partial charge in [-0.25, -0.2) is 9.97 Å². The molecule has 0 aliphatic heterocycles. The van der Waals surface area contributed by atoms with Crippen LogP contribution in [0.4, 0.5) is 5.82 Å². The average molecular weight is 326 g/mol. The van der Waals surface area contributed by atoms with Gasteiger partial charge in [-0.15, -0.1) is 0 Å². The van der Waals surface area contributed by atoms with Crippen LogP contribution in [0.3, 0.4) is 0 Å². The van der Waals surface area contributed by atoms with Gasteiger partial charge in [0.1, 0.15) is 11.3 Å². The molecule has 0 atom stereocenters. The smallest absolute Gasteiger partial charge is 0.152 e. The molecule has 1 fully saturated rings. The van der Waals surface area contributed by atoms with Crippen LogP contribution in [0.15, 0.2) is 24.3 Å². The first-order valence-corrected chi connectivity index (χ1v) is 8.36. The van der Waals surface area contributed by atoms with E-state index in [1.54, 1.807) is 7.11 Å². The maximum absolute atomic E-state index is 10.7. The van der Waals surface area contributed by atoms with Crippen LogP contribution in [0.1, 0.15) is 25.1 Å². The van der Waals surface area contributed by atoms with Crippen molar-refractivity contribution in [2.24, 2.45) is 0 Å². The first-order valence-electron chi connectivity index (χ1n) is 8.36. The summed E-state index contributed by atoms with van der Waals surface area (Å²) in [5.74, 6) is 1.32. The zero-order valence-corrected chi connectivity index (χ0v) is 13.8. The number of nitrogens with zero attached hydrogens (tertiary/aromatic N) is 3. The van der Waals surface area contributed by atoms with Crippen molar-refractivity contribution in [2.75, 3.05) is 19.5 Å². The van der Waals surface area contributed by atoms with Crippen LogP contribution >= 0.6 is 0 Å². The number of ether oxygens (including phenoxy) is 1. The van der Waals surface area contributed by atoms with Gasteiger partial charge < -0.3 is 20.1 Å². The molecule has 6 nitrogen and oxygen atoms in total. The van der Waals surface area contributed by atoms with E-state index in [2.05, 4.69) is 9.55 Å². The number of nitrogens with two attached hydrogens (primary N) is 1. The zero-order valence-electron chi connectivity index (χ0n) is 13.8. The van der Waals surface area contributed by atoms with Gasteiger partial charge >= 0.3 is 0 Å². The summed E-state index contributed by atoms with van der Waals surface area (Å²) in [6.45, 7) is 1.11. The van der Waals surface area contributed by atoms with E-state index in [1.165, 1.54) is 0 Å². The first-order chi connectivity index (χ1) is 11.6.